The van der Waals surface area contributed by atoms with Gasteiger partial charge in [-0.1, -0.05) is 0 Å². The van der Waals surface area contributed by atoms with Gasteiger partial charge in [0.2, 0.25) is 0 Å². The molecule has 1 aliphatic heterocycles. The topological polar surface area (TPSA) is 233 Å². The number of nitrogens with two attached hydrogens (primary N) is 1. The zero-order chi connectivity index (χ0) is 20.0. The Kier molecular flexibility index (Phi) is 7.05. The third-order valence-corrected chi connectivity index (χ3v) is 5.76. The van der Waals surface area contributed by atoms with Gasteiger partial charge in [0.1, 0.15) is 30.2 Å². The fourth-order valence-electron chi connectivity index (χ4n) is 2.48. The predicted octanol–water partition coefficient (Wildman–Crippen LogP) is -2.39. The number of nitrogen functional groups attached to an aromatic ring is 1. The fraction of sp³-hybridized carbons (Fsp3) is 0.500. The third-order valence-electron chi connectivity index (χ3n) is 3.61. The van der Waals surface area contributed by atoms with Crippen LogP contribution in [0.25, 0.3) is 11.2 Å². The van der Waals surface area contributed by atoms with E-state index in [1.54, 1.807) is 0 Å². The van der Waals surface area contributed by atoms with Crippen molar-refractivity contribution in [3.05, 3.63) is 12.7 Å². The molecule has 2 aromatic rings. The Hall–Kier alpha value is -0.913. The first kappa shape index (κ1) is 23.4. The number of aliphatic hydroxyl groups is 2. The van der Waals surface area contributed by atoms with Gasteiger partial charge in [-0.25, -0.2) is 24.1 Å². The summed E-state index contributed by atoms with van der Waals surface area (Å²) in [5.41, 5.74) is 6.11. The molecule has 0 bridgehead atoms. The molecule has 3 heterocycles. The van der Waals surface area contributed by atoms with Crippen LogP contribution in [0.2, 0.25) is 0 Å². The van der Waals surface area contributed by atoms with E-state index in [1.807, 2.05) is 0 Å². The summed E-state index contributed by atoms with van der Waals surface area (Å²) >= 11 is 0. The molecule has 0 aromatic carbocycles. The molecule has 3 rings (SSSR count). The zero-order valence-corrected chi connectivity index (χ0v) is 15.0. The number of phosphoric ester groups is 1. The minimum absolute atomic E-state index is 0. The van der Waals surface area contributed by atoms with Gasteiger partial charge >= 0.3 is 34.5 Å². The van der Waals surface area contributed by atoms with E-state index in [-0.39, 0.29) is 35.8 Å². The molecule has 152 valence electrons. The average Bonchev–Trinajstić information content (AvgIpc) is 3.07. The molecular weight excluding hydrogens is 419 g/mol. The van der Waals surface area contributed by atoms with Crippen molar-refractivity contribution in [3.63, 3.8) is 0 Å². The van der Waals surface area contributed by atoms with E-state index in [0.29, 0.717) is 0 Å². The SMILES string of the molecule is Nc1ncnc2c1ncn2[C@@H]1O[C@H](COP(=O)(O)OP(=O)(O)O)[C@@H](O)[C@H]1O.[LiH]. The number of anilines is 1. The Bertz CT molecular complexity index is 938. The predicted molar refractivity (Wildman–Crippen MR) is 91.7 cm³/mol. The van der Waals surface area contributed by atoms with Crippen LogP contribution < -0.4 is 5.73 Å². The Balaban J connectivity index is 0.00000280. The molecule has 1 saturated heterocycles. The van der Waals surface area contributed by atoms with E-state index in [0.717, 1.165) is 6.33 Å². The van der Waals surface area contributed by atoms with Crippen molar-refractivity contribution in [1.29, 1.82) is 0 Å². The molecular formula is C10H16LiN5O10P2. The molecule has 1 unspecified atom stereocenters. The van der Waals surface area contributed by atoms with Crippen LogP contribution in [0, 0.1) is 0 Å². The molecule has 7 N–H and O–H groups in total. The first-order valence-electron chi connectivity index (χ1n) is 7.17. The van der Waals surface area contributed by atoms with E-state index in [2.05, 4.69) is 23.8 Å². The second kappa shape index (κ2) is 8.45. The second-order valence-corrected chi connectivity index (χ2v) is 8.30. The number of ether oxygens (including phenoxy) is 1. The van der Waals surface area contributed by atoms with Gasteiger partial charge in [-0.15, -0.1) is 0 Å². The average molecular weight is 435 g/mol. The summed E-state index contributed by atoms with van der Waals surface area (Å²) in [6, 6.07) is 0. The summed E-state index contributed by atoms with van der Waals surface area (Å²) in [6.07, 6.45) is -3.20. The van der Waals surface area contributed by atoms with E-state index >= 15 is 0 Å². The Morgan fingerprint density at radius 3 is 2.50 bits per heavy atom. The molecule has 0 radical (unpaired) electrons. The molecule has 0 amide bonds. The van der Waals surface area contributed by atoms with Gasteiger partial charge in [-0.05, 0) is 0 Å². The van der Waals surface area contributed by atoms with Crippen LogP contribution in [0.4, 0.5) is 5.82 Å². The molecule has 0 saturated carbocycles. The Morgan fingerprint density at radius 1 is 1.18 bits per heavy atom. The number of hydrogen-bond acceptors (Lipinski definition) is 11. The van der Waals surface area contributed by atoms with E-state index in [9.17, 15) is 24.2 Å². The normalized spacial score (nSPS) is 27.5. The molecule has 2 aromatic heterocycles. The van der Waals surface area contributed by atoms with Gasteiger partial charge in [0.05, 0.1) is 12.9 Å². The van der Waals surface area contributed by atoms with Crippen molar-refractivity contribution in [2.24, 2.45) is 0 Å². The molecule has 5 atom stereocenters. The summed E-state index contributed by atoms with van der Waals surface area (Å²) in [4.78, 5) is 38.1. The van der Waals surface area contributed by atoms with Crippen LogP contribution in [0.3, 0.4) is 0 Å². The van der Waals surface area contributed by atoms with Gasteiger partial charge in [0, 0.05) is 0 Å². The third kappa shape index (κ3) is 4.98. The van der Waals surface area contributed by atoms with Crippen molar-refractivity contribution in [3.8, 4) is 0 Å². The minimum atomic E-state index is -5.29. The van der Waals surface area contributed by atoms with Crippen LogP contribution in [0.1, 0.15) is 6.23 Å². The number of imidazole rings is 1. The quantitative estimate of drug-likeness (QED) is 0.205. The molecule has 15 nitrogen and oxygen atoms in total. The molecule has 1 aliphatic rings. The Morgan fingerprint density at radius 2 is 1.86 bits per heavy atom. The summed E-state index contributed by atoms with van der Waals surface area (Å²) < 4.78 is 36.8. The van der Waals surface area contributed by atoms with Gasteiger partial charge in [0.15, 0.2) is 17.7 Å². The van der Waals surface area contributed by atoms with Crippen LogP contribution in [0.5, 0.6) is 0 Å². The van der Waals surface area contributed by atoms with E-state index in [1.165, 1.54) is 10.9 Å². The summed E-state index contributed by atoms with van der Waals surface area (Å²) in [6.45, 7) is -0.813. The number of hydrogen-bond donors (Lipinski definition) is 6. The summed E-state index contributed by atoms with van der Waals surface area (Å²) in [5, 5.41) is 20.3. The van der Waals surface area contributed by atoms with Crippen molar-refractivity contribution < 1.29 is 47.6 Å². The van der Waals surface area contributed by atoms with Crippen molar-refractivity contribution in [2.75, 3.05) is 12.3 Å². The number of aliphatic hydroxyl groups excluding tert-OH is 2. The number of phosphoric acid groups is 2. The number of fused-ring (bicyclic) bond motifs is 1. The maximum atomic E-state index is 11.5. The first-order valence-corrected chi connectivity index (χ1v) is 10.2. The fourth-order valence-corrected chi connectivity index (χ4v) is 4.08. The van der Waals surface area contributed by atoms with Gasteiger partial charge in [-0.3, -0.25) is 9.09 Å². The molecule has 0 spiro atoms. The van der Waals surface area contributed by atoms with E-state index in [4.69, 9.17) is 20.3 Å². The maximum absolute atomic E-state index is 11.5. The number of rotatable bonds is 6. The van der Waals surface area contributed by atoms with Gasteiger partial charge in [0.25, 0.3) is 0 Å². The first-order chi connectivity index (χ1) is 12.5. The van der Waals surface area contributed by atoms with Crippen LogP contribution in [-0.4, -0.2) is 88.2 Å². The summed E-state index contributed by atoms with van der Waals surface area (Å²) in [7, 11) is -10.4. The Labute approximate surface area is 168 Å². The van der Waals surface area contributed by atoms with Crippen LogP contribution >= 0.6 is 15.6 Å². The van der Waals surface area contributed by atoms with Crippen molar-refractivity contribution in [2.45, 2.75) is 24.5 Å². The van der Waals surface area contributed by atoms with Crippen LogP contribution in [-0.2, 0) is 22.7 Å². The second-order valence-electron chi connectivity index (χ2n) is 5.47. The van der Waals surface area contributed by atoms with Gasteiger partial charge < -0.3 is 35.4 Å². The van der Waals surface area contributed by atoms with Gasteiger partial charge in [-0.2, -0.15) is 4.31 Å². The zero-order valence-electron chi connectivity index (χ0n) is 13.2. The van der Waals surface area contributed by atoms with Crippen molar-refractivity contribution >= 4 is 51.5 Å². The molecule has 0 aliphatic carbocycles. The molecule has 28 heavy (non-hydrogen) atoms. The van der Waals surface area contributed by atoms with E-state index < -0.39 is 46.8 Å². The summed E-state index contributed by atoms with van der Waals surface area (Å²) in [5.74, 6) is 0.0856. The monoisotopic (exact) mass is 435 g/mol. The molecule has 1 fully saturated rings. The van der Waals surface area contributed by atoms with Crippen LogP contribution in [0.15, 0.2) is 12.7 Å². The van der Waals surface area contributed by atoms with Crippen molar-refractivity contribution in [1.82, 2.24) is 19.5 Å². The number of nitrogens with zero attached hydrogens (tertiary/aromatic N) is 4. The standard InChI is InChI=1S/C10H15N5O10P2.Li.H/c11-8-5-9(13-2-12-8)15(3-14-5)10-7(17)6(16)4(24-10)1-23-27(21,22)25-26(18,19)20;;/h2-4,6-7,10,16-17H,1H2,(H,21,22)(H2,11,12,13)(H2,18,19,20);;/t4-,6-,7-,10-;;/m1../s1. The number of aromatic nitrogens is 4. The molecule has 18 heteroatoms.